The molecule has 1 aromatic heterocycles. The normalized spacial score (nSPS) is 10.6. The van der Waals surface area contributed by atoms with E-state index in [9.17, 15) is 4.79 Å². The van der Waals surface area contributed by atoms with Gasteiger partial charge < -0.3 is 11.1 Å². The SMILES string of the molecule is CC(C)Cc1ccc(C(=O)Nc2ccc(N)cn2)cc1. The van der Waals surface area contributed by atoms with Gasteiger partial charge in [0.2, 0.25) is 0 Å². The standard InChI is InChI=1S/C16H19N3O/c1-11(2)9-12-3-5-13(6-4-12)16(20)19-15-8-7-14(17)10-18-15/h3-8,10-11H,9,17H2,1-2H3,(H,18,19,20). The Kier molecular flexibility index (Phi) is 4.35. The van der Waals surface area contributed by atoms with Gasteiger partial charge >= 0.3 is 0 Å². The number of carbonyl (C=O) groups is 1. The van der Waals surface area contributed by atoms with Gasteiger partial charge in [-0.3, -0.25) is 4.79 Å². The maximum atomic E-state index is 12.1. The predicted molar refractivity (Wildman–Crippen MR) is 81.6 cm³/mol. The number of nitrogens with one attached hydrogen (secondary N) is 1. The molecule has 1 amide bonds. The van der Waals surface area contributed by atoms with E-state index in [2.05, 4.69) is 24.1 Å². The van der Waals surface area contributed by atoms with Gasteiger partial charge in [0.05, 0.1) is 11.9 Å². The van der Waals surface area contributed by atoms with Crippen molar-refractivity contribution in [2.75, 3.05) is 11.1 Å². The molecule has 0 unspecified atom stereocenters. The minimum absolute atomic E-state index is 0.168. The van der Waals surface area contributed by atoms with Gasteiger partial charge in [-0.2, -0.15) is 0 Å². The van der Waals surface area contributed by atoms with Crippen LogP contribution >= 0.6 is 0 Å². The molecule has 0 bridgehead atoms. The van der Waals surface area contributed by atoms with E-state index in [4.69, 9.17) is 5.73 Å². The maximum absolute atomic E-state index is 12.1. The van der Waals surface area contributed by atoms with Crippen molar-refractivity contribution >= 4 is 17.4 Å². The third kappa shape index (κ3) is 3.82. The lowest BCUT2D eigenvalue weighted by molar-refractivity contribution is 0.102. The lowest BCUT2D eigenvalue weighted by Crippen LogP contribution is -2.13. The number of amides is 1. The van der Waals surface area contributed by atoms with Crippen LogP contribution in [0.25, 0.3) is 0 Å². The molecule has 3 N–H and O–H groups in total. The molecule has 0 radical (unpaired) electrons. The van der Waals surface area contributed by atoms with Crippen LogP contribution in [0.15, 0.2) is 42.6 Å². The van der Waals surface area contributed by atoms with E-state index in [0.717, 1.165) is 6.42 Å². The molecule has 2 aromatic rings. The summed E-state index contributed by atoms with van der Waals surface area (Å²) in [6, 6.07) is 11.0. The Labute approximate surface area is 119 Å². The average molecular weight is 269 g/mol. The third-order valence-electron chi connectivity index (χ3n) is 2.89. The molecule has 0 fully saturated rings. The van der Waals surface area contributed by atoms with Crippen LogP contribution in [0.5, 0.6) is 0 Å². The molecule has 1 heterocycles. The second kappa shape index (κ2) is 6.19. The van der Waals surface area contributed by atoms with Crippen LogP contribution in [-0.4, -0.2) is 10.9 Å². The van der Waals surface area contributed by atoms with Crippen molar-refractivity contribution in [1.82, 2.24) is 4.98 Å². The van der Waals surface area contributed by atoms with Crippen LogP contribution in [0.3, 0.4) is 0 Å². The number of nitrogens with zero attached hydrogens (tertiary/aromatic N) is 1. The van der Waals surface area contributed by atoms with E-state index < -0.39 is 0 Å². The fourth-order valence-corrected chi connectivity index (χ4v) is 1.93. The first-order valence-corrected chi connectivity index (χ1v) is 6.66. The highest BCUT2D eigenvalue weighted by Crippen LogP contribution is 2.12. The summed E-state index contributed by atoms with van der Waals surface area (Å²) < 4.78 is 0. The Balaban J connectivity index is 2.03. The number of pyridine rings is 1. The first-order chi connectivity index (χ1) is 9.54. The van der Waals surface area contributed by atoms with Crippen LogP contribution in [0.1, 0.15) is 29.8 Å². The molecule has 0 spiro atoms. The predicted octanol–water partition coefficient (Wildman–Crippen LogP) is 3.11. The van der Waals surface area contributed by atoms with E-state index in [1.807, 2.05) is 24.3 Å². The molecule has 0 aliphatic carbocycles. The molecule has 4 heteroatoms. The molecule has 0 atom stereocenters. The van der Waals surface area contributed by atoms with E-state index in [-0.39, 0.29) is 5.91 Å². The van der Waals surface area contributed by atoms with Crippen LogP contribution in [0.2, 0.25) is 0 Å². The van der Waals surface area contributed by atoms with Crippen LogP contribution in [-0.2, 0) is 6.42 Å². The number of hydrogen-bond donors (Lipinski definition) is 2. The lowest BCUT2D eigenvalue weighted by atomic mass is 10.0. The number of benzene rings is 1. The number of hydrogen-bond acceptors (Lipinski definition) is 3. The second-order valence-electron chi connectivity index (χ2n) is 5.23. The highest BCUT2D eigenvalue weighted by Gasteiger charge is 2.07. The molecule has 0 aliphatic rings. The monoisotopic (exact) mass is 269 g/mol. The summed E-state index contributed by atoms with van der Waals surface area (Å²) in [6.45, 7) is 4.35. The molecule has 0 saturated carbocycles. The summed E-state index contributed by atoms with van der Waals surface area (Å²) in [6.07, 6.45) is 2.53. The van der Waals surface area contributed by atoms with E-state index in [1.54, 1.807) is 12.1 Å². The number of rotatable bonds is 4. The van der Waals surface area contributed by atoms with Crippen molar-refractivity contribution in [2.24, 2.45) is 5.92 Å². The maximum Gasteiger partial charge on any atom is 0.256 e. The summed E-state index contributed by atoms with van der Waals surface area (Å²) in [5.74, 6) is 0.933. The number of anilines is 2. The van der Waals surface area contributed by atoms with E-state index in [1.165, 1.54) is 11.8 Å². The van der Waals surface area contributed by atoms with Crippen molar-refractivity contribution in [3.05, 3.63) is 53.7 Å². The Bertz CT molecular complexity index is 574. The Morgan fingerprint density at radius 2 is 1.90 bits per heavy atom. The van der Waals surface area contributed by atoms with Crippen molar-refractivity contribution < 1.29 is 4.79 Å². The van der Waals surface area contributed by atoms with Gasteiger partial charge in [0, 0.05) is 5.56 Å². The summed E-state index contributed by atoms with van der Waals surface area (Å²) in [5.41, 5.74) is 7.98. The first kappa shape index (κ1) is 14.1. The van der Waals surface area contributed by atoms with E-state index in [0.29, 0.717) is 23.0 Å². The number of nitrogen functional groups attached to an aromatic ring is 1. The van der Waals surface area contributed by atoms with Gasteiger partial charge in [-0.15, -0.1) is 0 Å². The van der Waals surface area contributed by atoms with Crippen molar-refractivity contribution in [2.45, 2.75) is 20.3 Å². The second-order valence-corrected chi connectivity index (χ2v) is 5.23. The Hall–Kier alpha value is -2.36. The number of aromatic nitrogens is 1. The van der Waals surface area contributed by atoms with Crippen LogP contribution < -0.4 is 11.1 Å². The van der Waals surface area contributed by atoms with Crippen molar-refractivity contribution in [1.29, 1.82) is 0 Å². The fraction of sp³-hybridized carbons (Fsp3) is 0.250. The van der Waals surface area contributed by atoms with Gasteiger partial charge in [0.25, 0.3) is 5.91 Å². The van der Waals surface area contributed by atoms with E-state index >= 15 is 0 Å². The molecule has 104 valence electrons. The van der Waals surface area contributed by atoms with Crippen LogP contribution in [0.4, 0.5) is 11.5 Å². The topological polar surface area (TPSA) is 68.0 Å². The summed E-state index contributed by atoms with van der Waals surface area (Å²) in [5, 5.41) is 2.74. The van der Waals surface area contributed by atoms with Crippen molar-refractivity contribution in [3.8, 4) is 0 Å². The zero-order valence-electron chi connectivity index (χ0n) is 11.8. The molecule has 0 aliphatic heterocycles. The molecule has 2 rings (SSSR count). The highest BCUT2D eigenvalue weighted by molar-refractivity contribution is 6.03. The molecule has 0 saturated heterocycles. The Morgan fingerprint density at radius 1 is 1.20 bits per heavy atom. The molecule has 1 aromatic carbocycles. The average Bonchev–Trinajstić information content (AvgIpc) is 2.41. The number of nitrogens with two attached hydrogens (primary N) is 1. The van der Waals surface area contributed by atoms with Crippen molar-refractivity contribution in [3.63, 3.8) is 0 Å². The molecule has 20 heavy (non-hydrogen) atoms. The largest absolute Gasteiger partial charge is 0.397 e. The lowest BCUT2D eigenvalue weighted by Gasteiger charge is -2.07. The third-order valence-corrected chi connectivity index (χ3v) is 2.89. The van der Waals surface area contributed by atoms with Crippen LogP contribution in [0, 0.1) is 5.92 Å². The fourth-order valence-electron chi connectivity index (χ4n) is 1.93. The van der Waals surface area contributed by atoms with Gasteiger partial charge in [0.15, 0.2) is 0 Å². The van der Waals surface area contributed by atoms with Gasteiger partial charge in [-0.05, 0) is 42.2 Å². The molecule has 4 nitrogen and oxygen atoms in total. The zero-order chi connectivity index (χ0) is 14.5. The highest BCUT2D eigenvalue weighted by atomic mass is 16.1. The summed E-state index contributed by atoms with van der Waals surface area (Å²) >= 11 is 0. The zero-order valence-corrected chi connectivity index (χ0v) is 11.8. The first-order valence-electron chi connectivity index (χ1n) is 6.66. The Morgan fingerprint density at radius 3 is 2.45 bits per heavy atom. The smallest absolute Gasteiger partial charge is 0.256 e. The summed E-state index contributed by atoms with van der Waals surface area (Å²) in [7, 11) is 0. The van der Waals surface area contributed by atoms with Gasteiger partial charge in [-0.1, -0.05) is 26.0 Å². The quantitative estimate of drug-likeness (QED) is 0.896. The molecular weight excluding hydrogens is 250 g/mol. The number of carbonyl (C=O) groups excluding carboxylic acids is 1. The molecular formula is C16H19N3O. The minimum Gasteiger partial charge on any atom is -0.397 e. The van der Waals surface area contributed by atoms with Gasteiger partial charge in [-0.25, -0.2) is 4.98 Å². The van der Waals surface area contributed by atoms with Gasteiger partial charge in [0.1, 0.15) is 5.82 Å². The summed E-state index contributed by atoms with van der Waals surface area (Å²) in [4.78, 5) is 16.1. The minimum atomic E-state index is -0.168.